The number of carbonyl (C=O) groups excluding carboxylic acids is 1. The molecular weight excluding hydrogens is 300 g/mol. The van der Waals surface area contributed by atoms with E-state index in [9.17, 15) is 4.79 Å². The Kier molecular flexibility index (Phi) is 6.45. The lowest BCUT2D eigenvalue weighted by molar-refractivity contribution is -0.136. The van der Waals surface area contributed by atoms with Gasteiger partial charge in [0, 0.05) is 5.57 Å². The zero-order valence-corrected chi connectivity index (χ0v) is 15.7. The van der Waals surface area contributed by atoms with Gasteiger partial charge in [-0.2, -0.15) is 0 Å². The monoisotopic (exact) mass is 332 g/mol. The third-order valence-electron chi connectivity index (χ3n) is 5.53. The van der Waals surface area contributed by atoms with Crippen molar-refractivity contribution in [1.82, 2.24) is 0 Å². The molecular formula is C21H32O3. The van der Waals surface area contributed by atoms with Gasteiger partial charge in [0.25, 0.3) is 0 Å². The maximum atomic E-state index is 11.9. The Morgan fingerprint density at radius 3 is 2.62 bits per heavy atom. The van der Waals surface area contributed by atoms with Crippen LogP contribution in [0.5, 0.6) is 0 Å². The fourth-order valence-corrected chi connectivity index (χ4v) is 3.56. The van der Waals surface area contributed by atoms with E-state index in [2.05, 4.69) is 39.5 Å². The van der Waals surface area contributed by atoms with E-state index in [4.69, 9.17) is 9.47 Å². The topological polar surface area (TPSA) is 38.8 Å². The highest BCUT2D eigenvalue weighted by Crippen LogP contribution is 2.45. The van der Waals surface area contributed by atoms with E-state index in [1.165, 1.54) is 18.3 Å². The standard InChI is InChI=1S/C21H32O3/c1-15-8-6-9-16(2)11-12-18(17(3)20(22)23-5)14-19-21(4,24-19)13-7-10-15/h9-10,18-19H,3,6-8,11-14H2,1-2,4-5H3/t18-,19+,21+/m0/s1. The molecule has 3 atom stereocenters. The van der Waals surface area contributed by atoms with Crippen LogP contribution in [0.1, 0.15) is 65.7 Å². The molecule has 1 aliphatic heterocycles. The van der Waals surface area contributed by atoms with Crippen LogP contribution in [-0.4, -0.2) is 24.8 Å². The average Bonchev–Trinajstić information content (AvgIpc) is 3.18. The van der Waals surface area contributed by atoms with Gasteiger partial charge in [-0.15, -0.1) is 0 Å². The van der Waals surface area contributed by atoms with E-state index >= 15 is 0 Å². The van der Waals surface area contributed by atoms with E-state index in [0.717, 1.165) is 44.9 Å². The van der Waals surface area contributed by atoms with Crippen molar-refractivity contribution >= 4 is 5.97 Å². The first kappa shape index (κ1) is 19.0. The van der Waals surface area contributed by atoms with Gasteiger partial charge in [0.05, 0.1) is 18.8 Å². The minimum absolute atomic E-state index is 0.0412. The molecule has 0 aromatic heterocycles. The molecule has 2 aliphatic rings. The van der Waals surface area contributed by atoms with E-state index in [1.807, 2.05) is 0 Å². The molecule has 0 aromatic carbocycles. The summed E-state index contributed by atoms with van der Waals surface area (Å²) in [4.78, 5) is 11.9. The van der Waals surface area contributed by atoms with Crippen LogP contribution in [-0.2, 0) is 14.3 Å². The molecule has 134 valence electrons. The van der Waals surface area contributed by atoms with Crippen molar-refractivity contribution < 1.29 is 14.3 Å². The molecule has 0 N–H and O–H groups in total. The van der Waals surface area contributed by atoms with Crippen molar-refractivity contribution in [2.24, 2.45) is 5.92 Å². The first-order valence-corrected chi connectivity index (χ1v) is 9.12. The highest BCUT2D eigenvalue weighted by atomic mass is 16.6. The van der Waals surface area contributed by atoms with Gasteiger partial charge >= 0.3 is 5.97 Å². The minimum Gasteiger partial charge on any atom is -0.466 e. The maximum Gasteiger partial charge on any atom is 0.333 e. The van der Waals surface area contributed by atoms with Crippen molar-refractivity contribution in [2.45, 2.75) is 77.4 Å². The molecule has 1 fully saturated rings. The van der Waals surface area contributed by atoms with Gasteiger partial charge in [-0.05, 0) is 71.6 Å². The largest absolute Gasteiger partial charge is 0.466 e. The number of rotatable bonds is 2. The van der Waals surface area contributed by atoms with E-state index in [0.29, 0.717) is 5.57 Å². The second-order valence-electron chi connectivity index (χ2n) is 7.59. The molecule has 0 bridgehead atoms. The van der Waals surface area contributed by atoms with Crippen LogP contribution in [0.4, 0.5) is 0 Å². The SMILES string of the molecule is C=C(C(=O)OC)[C@H]1CCC(C)=CCCC(C)=CCC[C@@]2(C)O[C@@H]2C1. The number of epoxide rings is 1. The van der Waals surface area contributed by atoms with Crippen LogP contribution in [0.25, 0.3) is 0 Å². The lowest BCUT2D eigenvalue weighted by atomic mass is 9.85. The summed E-state index contributed by atoms with van der Waals surface area (Å²) < 4.78 is 10.9. The van der Waals surface area contributed by atoms with Crippen LogP contribution < -0.4 is 0 Å². The molecule has 3 nitrogen and oxygen atoms in total. The molecule has 24 heavy (non-hydrogen) atoms. The number of fused-ring (bicyclic) bond motifs is 1. The summed E-state index contributed by atoms with van der Waals surface area (Å²) in [6, 6.07) is 0. The third-order valence-corrected chi connectivity index (χ3v) is 5.53. The summed E-state index contributed by atoms with van der Waals surface area (Å²) in [6.45, 7) is 10.6. The number of carbonyl (C=O) groups is 1. The molecule has 1 saturated heterocycles. The Morgan fingerprint density at radius 1 is 1.25 bits per heavy atom. The van der Waals surface area contributed by atoms with Crippen LogP contribution in [0.2, 0.25) is 0 Å². The van der Waals surface area contributed by atoms with Crippen LogP contribution >= 0.6 is 0 Å². The average molecular weight is 332 g/mol. The molecule has 0 spiro atoms. The van der Waals surface area contributed by atoms with Gasteiger partial charge < -0.3 is 9.47 Å². The Balaban J connectivity index is 2.11. The third kappa shape index (κ3) is 5.07. The number of esters is 1. The van der Waals surface area contributed by atoms with E-state index in [1.54, 1.807) is 0 Å². The summed E-state index contributed by atoms with van der Waals surface area (Å²) in [7, 11) is 1.42. The fourth-order valence-electron chi connectivity index (χ4n) is 3.56. The summed E-state index contributed by atoms with van der Waals surface area (Å²) in [5, 5.41) is 0. The molecule has 0 aromatic rings. The van der Waals surface area contributed by atoms with Gasteiger partial charge in [0.1, 0.15) is 0 Å². The molecule has 0 amide bonds. The normalized spacial score (nSPS) is 31.8. The van der Waals surface area contributed by atoms with Crippen LogP contribution in [0.3, 0.4) is 0 Å². The zero-order valence-electron chi connectivity index (χ0n) is 15.7. The molecule has 1 aliphatic carbocycles. The smallest absolute Gasteiger partial charge is 0.333 e. The minimum atomic E-state index is -0.288. The second kappa shape index (κ2) is 8.15. The first-order chi connectivity index (χ1) is 11.4. The van der Waals surface area contributed by atoms with Gasteiger partial charge in [-0.3, -0.25) is 0 Å². The lowest BCUT2D eigenvalue weighted by Crippen LogP contribution is -2.19. The van der Waals surface area contributed by atoms with Crippen molar-refractivity contribution in [3.05, 3.63) is 35.5 Å². The fraction of sp³-hybridized carbons (Fsp3) is 0.667. The van der Waals surface area contributed by atoms with Crippen molar-refractivity contribution in [3.8, 4) is 0 Å². The lowest BCUT2D eigenvalue weighted by Gasteiger charge is -2.18. The second-order valence-corrected chi connectivity index (χ2v) is 7.59. The summed E-state index contributed by atoms with van der Waals surface area (Å²) >= 11 is 0. The van der Waals surface area contributed by atoms with Crippen molar-refractivity contribution in [2.75, 3.05) is 7.11 Å². The number of allylic oxidation sites excluding steroid dienone is 4. The van der Waals surface area contributed by atoms with E-state index < -0.39 is 0 Å². The maximum absolute atomic E-state index is 11.9. The number of hydrogen-bond acceptors (Lipinski definition) is 3. The zero-order chi connectivity index (χ0) is 17.7. The molecule has 0 unspecified atom stereocenters. The highest BCUT2D eigenvalue weighted by molar-refractivity contribution is 5.88. The number of methoxy groups -OCH3 is 1. The van der Waals surface area contributed by atoms with Gasteiger partial charge in [0.2, 0.25) is 0 Å². The van der Waals surface area contributed by atoms with Crippen LogP contribution in [0, 0.1) is 5.92 Å². The summed E-state index contributed by atoms with van der Waals surface area (Å²) in [5.74, 6) is -0.156. The van der Waals surface area contributed by atoms with Gasteiger partial charge in [-0.25, -0.2) is 4.79 Å². The van der Waals surface area contributed by atoms with Crippen molar-refractivity contribution in [1.29, 1.82) is 0 Å². The van der Waals surface area contributed by atoms with Gasteiger partial charge in [-0.1, -0.05) is 29.9 Å². The summed E-state index contributed by atoms with van der Waals surface area (Å²) in [6.07, 6.45) is 12.0. The van der Waals surface area contributed by atoms with Crippen molar-refractivity contribution in [3.63, 3.8) is 0 Å². The number of ether oxygens (including phenoxy) is 2. The Morgan fingerprint density at radius 2 is 1.92 bits per heavy atom. The predicted molar refractivity (Wildman–Crippen MR) is 97.8 cm³/mol. The Labute approximate surface area is 146 Å². The molecule has 0 saturated carbocycles. The Bertz CT molecular complexity index is 543. The molecule has 0 radical (unpaired) electrons. The number of hydrogen-bond donors (Lipinski definition) is 0. The molecule has 2 rings (SSSR count). The highest BCUT2D eigenvalue weighted by Gasteiger charge is 2.52. The van der Waals surface area contributed by atoms with Gasteiger partial charge in [0.15, 0.2) is 0 Å². The first-order valence-electron chi connectivity index (χ1n) is 9.12. The molecule has 1 heterocycles. The Hall–Kier alpha value is -1.35. The van der Waals surface area contributed by atoms with E-state index in [-0.39, 0.29) is 23.6 Å². The summed E-state index contributed by atoms with van der Waals surface area (Å²) in [5.41, 5.74) is 3.40. The quantitative estimate of drug-likeness (QED) is 0.305. The molecule has 3 heteroatoms. The van der Waals surface area contributed by atoms with Crippen LogP contribution in [0.15, 0.2) is 35.5 Å². The predicted octanol–water partition coefficient (Wildman–Crippen LogP) is 5.13.